The Kier molecular flexibility index (Phi) is 6.62. The number of nitrogens with zero attached hydrogens (tertiary/aromatic N) is 1. The minimum absolute atomic E-state index is 0.0402. The normalized spacial score (nSPS) is 30.3. The molecule has 0 radical (unpaired) electrons. The summed E-state index contributed by atoms with van der Waals surface area (Å²) in [6.07, 6.45) is 5.48. The van der Waals surface area contributed by atoms with Gasteiger partial charge in [-0.05, 0) is 25.7 Å². The van der Waals surface area contributed by atoms with Gasteiger partial charge in [-0.3, -0.25) is 4.79 Å². The number of aromatic nitrogens is 1. The van der Waals surface area contributed by atoms with Gasteiger partial charge in [0.25, 0.3) is 0 Å². The van der Waals surface area contributed by atoms with Crippen molar-refractivity contribution in [3.8, 4) is 0 Å². The Hall–Kier alpha value is -1.77. The lowest BCUT2D eigenvalue weighted by atomic mass is 9.86. The van der Waals surface area contributed by atoms with E-state index in [9.17, 15) is 9.59 Å². The minimum atomic E-state index is -0.418. The molecule has 27 heavy (non-hydrogen) atoms. The average Bonchev–Trinajstić information content (AvgIpc) is 3.24. The highest BCUT2D eigenvalue weighted by Gasteiger charge is 2.47. The Morgan fingerprint density at radius 3 is 2.96 bits per heavy atom. The number of carbonyl (C=O) groups excluding carboxylic acids is 2. The zero-order valence-electron chi connectivity index (χ0n) is 15.5. The molecule has 1 N–H and O–H groups in total. The summed E-state index contributed by atoms with van der Waals surface area (Å²) in [5.74, 6) is -0.452. The van der Waals surface area contributed by atoms with Crippen molar-refractivity contribution in [3.63, 3.8) is 0 Å². The van der Waals surface area contributed by atoms with Crippen LogP contribution in [-0.2, 0) is 19.0 Å². The largest absolute Gasteiger partial charge is 0.462 e. The summed E-state index contributed by atoms with van der Waals surface area (Å²) in [7, 11) is 0. The molecule has 1 aromatic rings. The van der Waals surface area contributed by atoms with Crippen LogP contribution >= 0.6 is 11.3 Å². The molecular weight excluding hydrogens is 370 g/mol. The second kappa shape index (κ2) is 8.95. The van der Waals surface area contributed by atoms with Crippen molar-refractivity contribution >= 4 is 23.3 Å². The molecule has 2 heterocycles. The molecule has 1 aliphatic heterocycles. The first-order chi connectivity index (χ1) is 13.0. The Labute approximate surface area is 162 Å². The van der Waals surface area contributed by atoms with Gasteiger partial charge in [0.1, 0.15) is 17.2 Å². The standard InChI is InChI=1S/C19H25NO6S/c1-3-24-19(23)14-10-27-18(20-14)15-7-6-13-12(5-4-8-21)16(25-11(2)22)9-17(13)26-15/h4-5,10,12-13,15-17,21H,3,6-9H2,1-2H3/b5-4+/t12-,13-,15-,16-,17+/m1/s1. The number of ether oxygens (including phenoxy) is 3. The number of carbonyl (C=O) groups is 2. The molecule has 1 aromatic heterocycles. The Morgan fingerprint density at radius 2 is 2.26 bits per heavy atom. The molecule has 3 rings (SSSR count). The number of thiazole rings is 1. The van der Waals surface area contributed by atoms with Crippen LogP contribution in [0.3, 0.4) is 0 Å². The molecule has 0 amide bonds. The van der Waals surface area contributed by atoms with Gasteiger partial charge in [0.05, 0.1) is 19.3 Å². The van der Waals surface area contributed by atoms with E-state index in [0.717, 1.165) is 17.8 Å². The van der Waals surface area contributed by atoms with Gasteiger partial charge in [0.2, 0.25) is 0 Å². The predicted octanol–water partition coefficient (Wildman–Crippen LogP) is 2.66. The second-order valence-electron chi connectivity index (χ2n) is 6.77. The van der Waals surface area contributed by atoms with Crippen LogP contribution in [0.15, 0.2) is 17.5 Å². The van der Waals surface area contributed by atoms with Crippen molar-refractivity contribution in [2.24, 2.45) is 11.8 Å². The molecular formula is C19H25NO6S. The van der Waals surface area contributed by atoms with Gasteiger partial charge < -0.3 is 19.3 Å². The lowest BCUT2D eigenvalue weighted by Gasteiger charge is -2.33. The van der Waals surface area contributed by atoms with Crippen molar-refractivity contribution < 1.29 is 28.9 Å². The maximum atomic E-state index is 11.8. The van der Waals surface area contributed by atoms with Crippen LogP contribution in [0.5, 0.6) is 0 Å². The summed E-state index contributed by atoms with van der Waals surface area (Å²) in [5, 5.41) is 11.6. The highest BCUT2D eigenvalue weighted by molar-refractivity contribution is 7.09. The van der Waals surface area contributed by atoms with Gasteiger partial charge in [0.15, 0.2) is 5.69 Å². The number of esters is 2. The fraction of sp³-hybridized carbons (Fsp3) is 0.632. The number of aliphatic hydroxyl groups is 1. The molecule has 1 saturated heterocycles. The second-order valence-corrected chi connectivity index (χ2v) is 7.66. The van der Waals surface area contributed by atoms with E-state index in [0.29, 0.717) is 18.7 Å². The number of rotatable bonds is 6. The van der Waals surface area contributed by atoms with Crippen molar-refractivity contribution in [1.29, 1.82) is 0 Å². The average molecular weight is 395 g/mol. The van der Waals surface area contributed by atoms with Crippen LogP contribution in [0.25, 0.3) is 0 Å². The first kappa shape index (κ1) is 20.0. The zero-order chi connectivity index (χ0) is 19.4. The number of hydrogen-bond donors (Lipinski definition) is 1. The fourth-order valence-corrected chi connectivity index (χ4v) is 4.84. The molecule has 5 atom stereocenters. The molecule has 0 bridgehead atoms. The van der Waals surface area contributed by atoms with E-state index >= 15 is 0 Å². The third-order valence-electron chi connectivity index (χ3n) is 5.03. The summed E-state index contributed by atoms with van der Waals surface area (Å²) in [4.78, 5) is 27.6. The van der Waals surface area contributed by atoms with E-state index in [1.807, 2.05) is 6.08 Å². The third-order valence-corrected chi connectivity index (χ3v) is 5.97. The molecule has 8 heteroatoms. The molecule has 2 fully saturated rings. The maximum absolute atomic E-state index is 11.8. The van der Waals surface area contributed by atoms with E-state index in [1.54, 1.807) is 18.4 Å². The van der Waals surface area contributed by atoms with Gasteiger partial charge in [0, 0.05) is 24.6 Å². The van der Waals surface area contributed by atoms with Crippen LogP contribution < -0.4 is 0 Å². The molecule has 0 aromatic carbocycles. The molecule has 1 aliphatic carbocycles. The minimum Gasteiger partial charge on any atom is -0.462 e. The molecule has 0 spiro atoms. The molecule has 0 unspecified atom stereocenters. The smallest absolute Gasteiger partial charge is 0.357 e. The van der Waals surface area contributed by atoms with Crippen molar-refractivity contribution in [2.45, 2.75) is 51.4 Å². The SMILES string of the molecule is CCOC(=O)c1csc([C@H]2CC[C@@H]3[C@@H](/C=C/CO)[C@H](OC(C)=O)C[C@@H]3O2)n1. The maximum Gasteiger partial charge on any atom is 0.357 e. The molecule has 148 valence electrons. The van der Waals surface area contributed by atoms with Gasteiger partial charge >= 0.3 is 11.9 Å². The molecule has 2 aliphatic rings. The predicted molar refractivity (Wildman–Crippen MR) is 98.3 cm³/mol. The Balaban J connectivity index is 1.70. The van der Waals surface area contributed by atoms with Gasteiger partial charge in [-0.2, -0.15) is 0 Å². The summed E-state index contributed by atoms with van der Waals surface area (Å²) in [6, 6.07) is 0. The highest BCUT2D eigenvalue weighted by Crippen LogP contribution is 2.47. The van der Waals surface area contributed by atoms with Crippen LogP contribution in [0, 0.1) is 11.8 Å². The van der Waals surface area contributed by atoms with Crippen LogP contribution in [0.1, 0.15) is 54.7 Å². The fourth-order valence-electron chi connectivity index (χ4n) is 3.98. The van der Waals surface area contributed by atoms with E-state index in [4.69, 9.17) is 19.3 Å². The van der Waals surface area contributed by atoms with E-state index in [-0.39, 0.29) is 42.7 Å². The van der Waals surface area contributed by atoms with Gasteiger partial charge in [-0.1, -0.05) is 12.2 Å². The summed E-state index contributed by atoms with van der Waals surface area (Å²) < 4.78 is 16.8. The molecule has 1 saturated carbocycles. The monoisotopic (exact) mass is 395 g/mol. The Bertz CT molecular complexity index is 702. The first-order valence-electron chi connectivity index (χ1n) is 9.26. The summed E-state index contributed by atoms with van der Waals surface area (Å²) in [5.41, 5.74) is 0.315. The third kappa shape index (κ3) is 4.56. The van der Waals surface area contributed by atoms with Crippen LogP contribution in [-0.4, -0.2) is 47.5 Å². The number of hydrogen-bond acceptors (Lipinski definition) is 8. The number of aliphatic hydroxyl groups excluding tert-OH is 1. The first-order valence-corrected chi connectivity index (χ1v) is 10.1. The van der Waals surface area contributed by atoms with E-state index < -0.39 is 5.97 Å². The quantitative estimate of drug-likeness (QED) is 0.584. The lowest BCUT2D eigenvalue weighted by molar-refractivity contribution is -0.147. The van der Waals surface area contributed by atoms with Gasteiger partial charge in [-0.15, -0.1) is 11.3 Å². The topological polar surface area (TPSA) is 95.0 Å². The van der Waals surface area contributed by atoms with E-state index in [1.165, 1.54) is 18.3 Å². The lowest BCUT2D eigenvalue weighted by Crippen LogP contribution is -2.30. The summed E-state index contributed by atoms with van der Waals surface area (Å²) in [6.45, 7) is 3.44. The van der Waals surface area contributed by atoms with Crippen LogP contribution in [0.2, 0.25) is 0 Å². The van der Waals surface area contributed by atoms with Gasteiger partial charge in [-0.25, -0.2) is 9.78 Å². The zero-order valence-corrected chi connectivity index (χ0v) is 16.3. The van der Waals surface area contributed by atoms with Crippen molar-refractivity contribution in [1.82, 2.24) is 4.98 Å². The highest BCUT2D eigenvalue weighted by atomic mass is 32.1. The van der Waals surface area contributed by atoms with Crippen molar-refractivity contribution in [3.05, 3.63) is 28.2 Å². The Morgan fingerprint density at radius 1 is 1.44 bits per heavy atom. The molecule has 7 nitrogen and oxygen atoms in total. The summed E-state index contributed by atoms with van der Waals surface area (Å²) >= 11 is 1.40. The van der Waals surface area contributed by atoms with Crippen LogP contribution in [0.4, 0.5) is 0 Å². The van der Waals surface area contributed by atoms with E-state index in [2.05, 4.69) is 4.98 Å². The van der Waals surface area contributed by atoms with Crippen molar-refractivity contribution in [2.75, 3.05) is 13.2 Å². The number of fused-ring (bicyclic) bond motifs is 1.